The molecule has 2 aliphatic heterocycles. The Morgan fingerprint density at radius 3 is 2.67 bits per heavy atom. The molecule has 7 heteroatoms. The molecule has 2 aromatic rings. The maximum atomic E-state index is 12.5. The third kappa shape index (κ3) is 6.38. The largest absolute Gasteiger partial charge is 0.490 e. The molecule has 1 aromatic carbocycles. The maximum absolute atomic E-state index is 12.5. The number of piperazine rings is 1. The highest BCUT2D eigenvalue weighted by atomic mass is 35.5. The van der Waals surface area contributed by atoms with E-state index in [0.717, 1.165) is 80.9 Å². The van der Waals surface area contributed by atoms with Gasteiger partial charge in [-0.25, -0.2) is 0 Å². The highest BCUT2D eigenvalue weighted by Crippen LogP contribution is 2.23. The highest BCUT2D eigenvalue weighted by molar-refractivity contribution is 5.86. The van der Waals surface area contributed by atoms with Crippen molar-refractivity contribution < 1.29 is 9.53 Å². The van der Waals surface area contributed by atoms with Crippen LogP contribution >= 0.6 is 12.4 Å². The van der Waals surface area contributed by atoms with Gasteiger partial charge in [-0.3, -0.25) is 9.78 Å². The van der Waals surface area contributed by atoms with Crippen LogP contribution in [0.25, 0.3) is 10.8 Å². The van der Waals surface area contributed by atoms with E-state index in [9.17, 15) is 4.79 Å². The first kappa shape index (κ1) is 22.9. The van der Waals surface area contributed by atoms with Gasteiger partial charge in [0.1, 0.15) is 17.6 Å². The normalized spacial score (nSPS) is 18.8. The van der Waals surface area contributed by atoms with Crippen LogP contribution in [0.3, 0.4) is 0 Å². The monoisotopic (exact) mass is 432 g/mol. The predicted molar refractivity (Wildman–Crippen MR) is 123 cm³/mol. The molecule has 30 heavy (non-hydrogen) atoms. The summed E-state index contributed by atoms with van der Waals surface area (Å²) in [6.45, 7) is 7.17. The van der Waals surface area contributed by atoms with Crippen molar-refractivity contribution >= 4 is 29.0 Å². The number of Topliss-reactive ketones (excluding diaryl/α,β-unsaturated/α-hetero) is 1. The molecule has 164 valence electrons. The zero-order valence-corrected chi connectivity index (χ0v) is 18.6. The zero-order valence-electron chi connectivity index (χ0n) is 17.8. The molecule has 1 N–H and O–H groups in total. The molecule has 3 heterocycles. The van der Waals surface area contributed by atoms with Crippen molar-refractivity contribution in [2.24, 2.45) is 0 Å². The highest BCUT2D eigenvalue weighted by Gasteiger charge is 2.16. The lowest BCUT2D eigenvalue weighted by Crippen LogP contribution is -2.45. The fourth-order valence-electron chi connectivity index (χ4n) is 4.09. The molecular formula is C23H33ClN4O2. The lowest BCUT2D eigenvalue weighted by atomic mass is 10.1. The number of hydrogen-bond donors (Lipinski definition) is 1. The zero-order chi connectivity index (χ0) is 20.1. The number of rotatable bonds is 7. The number of piperidine rings is 1. The number of hydrogen-bond acceptors (Lipinski definition) is 6. The van der Waals surface area contributed by atoms with Crippen molar-refractivity contribution in [3.8, 4) is 5.75 Å². The Morgan fingerprint density at radius 2 is 1.90 bits per heavy atom. The number of carbonyl (C=O) groups excluding carboxylic acids is 1. The summed E-state index contributed by atoms with van der Waals surface area (Å²) in [5, 5.41) is 5.53. The molecule has 0 bridgehead atoms. The average molecular weight is 433 g/mol. The van der Waals surface area contributed by atoms with E-state index in [-0.39, 0.29) is 24.3 Å². The van der Waals surface area contributed by atoms with E-state index in [1.807, 2.05) is 18.3 Å². The quantitative estimate of drug-likeness (QED) is 0.725. The van der Waals surface area contributed by atoms with Gasteiger partial charge in [-0.2, -0.15) is 0 Å². The summed E-state index contributed by atoms with van der Waals surface area (Å²) in [5.41, 5.74) is 0.847. The number of carbonyl (C=O) groups is 1. The number of likely N-dealkylation sites (N-methyl/N-ethyl adjacent to an activating group) is 1. The minimum Gasteiger partial charge on any atom is -0.490 e. The summed E-state index contributed by atoms with van der Waals surface area (Å²) in [6, 6.07) is 8.19. The molecule has 2 fully saturated rings. The molecule has 2 aliphatic rings. The number of halogens is 1. The smallest absolute Gasteiger partial charge is 0.140 e. The lowest BCUT2D eigenvalue weighted by Gasteiger charge is -2.32. The average Bonchev–Trinajstić information content (AvgIpc) is 2.74. The fourth-order valence-corrected chi connectivity index (χ4v) is 4.09. The number of benzene rings is 1. The number of nitrogens with zero attached hydrogens (tertiary/aromatic N) is 3. The van der Waals surface area contributed by atoms with Crippen molar-refractivity contribution in [3.05, 3.63) is 36.2 Å². The van der Waals surface area contributed by atoms with E-state index in [1.54, 1.807) is 0 Å². The lowest BCUT2D eigenvalue weighted by molar-refractivity contribution is -0.118. The van der Waals surface area contributed by atoms with Gasteiger partial charge in [-0.1, -0.05) is 0 Å². The van der Waals surface area contributed by atoms with E-state index in [1.165, 1.54) is 0 Å². The third-order valence-corrected chi connectivity index (χ3v) is 6.02. The summed E-state index contributed by atoms with van der Waals surface area (Å²) in [5.74, 6) is 1.17. The van der Waals surface area contributed by atoms with E-state index < -0.39 is 0 Å². The van der Waals surface area contributed by atoms with E-state index in [4.69, 9.17) is 4.74 Å². The third-order valence-electron chi connectivity index (χ3n) is 6.02. The van der Waals surface area contributed by atoms with E-state index in [0.29, 0.717) is 12.8 Å². The van der Waals surface area contributed by atoms with Gasteiger partial charge < -0.3 is 19.9 Å². The second kappa shape index (κ2) is 11.0. The number of pyridine rings is 1. The maximum Gasteiger partial charge on any atom is 0.140 e. The van der Waals surface area contributed by atoms with Crippen LogP contribution in [0.15, 0.2) is 30.5 Å². The number of ketones is 1. The van der Waals surface area contributed by atoms with Gasteiger partial charge in [0, 0.05) is 62.8 Å². The standard InChI is InChI=1S/C23H32N4O2.ClH/c1-26-10-12-27(13-11-26)9-6-21(28)16-20-14-19-15-23(3-2-18(19)17-25-20)29-22-4-7-24-8-5-22;/h2-3,14-15,17,22,24H,4-13,16H2,1H3;1H. The molecule has 0 spiro atoms. The molecule has 6 nitrogen and oxygen atoms in total. The van der Waals surface area contributed by atoms with Crippen molar-refractivity contribution in [3.63, 3.8) is 0 Å². The van der Waals surface area contributed by atoms with Crippen molar-refractivity contribution in [2.75, 3.05) is 52.9 Å². The molecule has 0 atom stereocenters. The molecule has 0 aliphatic carbocycles. The molecule has 0 unspecified atom stereocenters. The SMILES string of the molecule is CN1CCN(CCC(=O)Cc2cc3cc(OC4CCNCC4)ccc3cn2)CC1.Cl. The second-order valence-electron chi connectivity index (χ2n) is 8.36. The van der Waals surface area contributed by atoms with Crippen molar-refractivity contribution in [1.29, 1.82) is 0 Å². The molecule has 1 aromatic heterocycles. The van der Waals surface area contributed by atoms with Crippen LogP contribution in [0, 0.1) is 0 Å². The van der Waals surface area contributed by atoms with Crippen LogP contribution in [0.1, 0.15) is 25.0 Å². The van der Waals surface area contributed by atoms with Gasteiger partial charge in [0.05, 0.1) is 0 Å². The Morgan fingerprint density at radius 1 is 1.13 bits per heavy atom. The van der Waals surface area contributed by atoms with Crippen LogP contribution < -0.4 is 10.1 Å². The summed E-state index contributed by atoms with van der Waals surface area (Å²) in [7, 11) is 2.15. The Hall–Kier alpha value is -1.73. The second-order valence-corrected chi connectivity index (χ2v) is 8.36. The minimum atomic E-state index is 0. The molecule has 0 radical (unpaired) electrons. The van der Waals surface area contributed by atoms with Gasteiger partial charge in [0.15, 0.2) is 0 Å². The van der Waals surface area contributed by atoms with E-state index >= 15 is 0 Å². The Bertz CT molecular complexity index is 833. The van der Waals surface area contributed by atoms with Crippen molar-refractivity contribution in [1.82, 2.24) is 20.1 Å². The molecule has 0 saturated carbocycles. The Balaban J connectivity index is 0.00000256. The number of nitrogens with one attached hydrogen (secondary N) is 1. The summed E-state index contributed by atoms with van der Waals surface area (Å²) in [4.78, 5) is 21.7. The van der Waals surface area contributed by atoms with Gasteiger partial charge in [-0.15, -0.1) is 12.4 Å². The number of fused-ring (bicyclic) bond motifs is 1. The van der Waals surface area contributed by atoms with E-state index in [2.05, 4.69) is 39.3 Å². The summed E-state index contributed by atoms with van der Waals surface area (Å²) < 4.78 is 6.16. The van der Waals surface area contributed by atoms with Crippen LogP contribution in [-0.2, 0) is 11.2 Å². The first-order valence-electron chi connectivity index (χ1n) is 10.8. The first-order valence-corrected chi connectivity index (χ1v) is 10.8. The van der Waals surface area contributed by atoms with Gasteiger partial charge >= 0.3 is 0 Å². The van der Waals surface area contributed by atoms with Gasteiger partial charge in [0.2, 0.25) is 0 Å². The Kier molecular flexibility index (Phi) is 8.45. The molecule has 4 rings (SSSR count). The van der Waals surface area contributed by atoms with Crippen molar-refractivity contribution in [2.45, 2.75) is 31.8 Å². The number of ether oxygens (including phenoxy) is 1. The minimum absolute atomic E-state index is 0. The number of aromatic nitrogens is 1. The topological polar surface area (TPSA) is 57.7 Å². The van der Waals surface area contributed by atoms with Gasteiger partial charge in [0.25, 0.3) is 0 Å². The van der Waals surface area contributed by atoms with Crippen LogP contribution in [0.2, 0.25) is 0 Å². The molecule has 0 amide bonds. The predicted octanol–water partition coefficient (Wildman–Crippen LogP) is 2.54. The summed E-state index contributed by atoms with van der Waals surface area (Å²) in [6.07, 6.45) is 5.24. The van der Waals surface area contributed by atoms with Crippen LogP contribution in [0.4, 0.5) is 0 Å². The van der Waals surface area contributed by atoms with Crippen LogP contribution in [0.5, 0.6) is 5.75 Å². The molecular weight excluding hydrogens is 400 g/mol. The Labute approximate surface area is 185 Å². The molecule has 2 saturated heterocycles. The summed E-state index contributed by atoms with van der Waals surface area (Å²) >= 11 is 0. The van der Waals surface area contributed by atoms with Gasteiger partial charge in [-0.05, 0) is 62.6 Å². The first-order chi connectivity index (χ1) is 14.2. The fraction of sp³-hybridized carbons (Fsp3) is 0.565. The van der Waals surface area contributed by atoms with Crippen LogP contribution in [-0.4, -0.2) is 79.5 Å².